The van der Waals surface area contributed by atoms with E-state index in [1.807, 2.05) is 7.05 Å². The Hall–Kier alpha value is -0.820. The summed E-state index contributed by atoms with van der Waals surface area (Å²) in [7, 11) is 1.99. The van der Waals surface area contributed by atoms with Crippen LogP contribution in [0.3, 0.4) is 0 Å². The Balaban J connectivity index is 2.86. The van der Waals surface area contributed by atoms with Gasteiger partial charge in [0.1, 0.15) is 0 Å². The molecule has 0 fully saturated rings. The first-order valence-corrected chi connectivity index (χ1v) is 4.39. The van der Waals surface area contributed by atoms with Crippen molar-refractivity contribution in [1.82, 2.24) is 5.32 Å². The van der Waals surface area contributed by atoms with Gasteiger partial charge < -0.3 is 5.32 Å². The molecular weight excluding hydrogens is 146 g/mol. The van der Waals surface area contributed by atoms with E-state index >= 15 is 0 Å². The highest BCUT2D eigenvalue weighted by atomic mass is 14.9. The van der Waals surface area contributed by atoms with Gasteiger partial charge in [-0.05, 0) is 32.9 Å². The molecule has 66 valence electrons. The summed E-state index contributed by atoms with van der Waals surface area (Å²) in [4.78, 5) is 0. The molecule has 0 heterocycles. The molecule has 12 heavy (non-hydrogen) atoms. The predicted molar refractivity (Wildman–Crippen MR) is 54.1 cm³/mol. The lowest BCUT2D eigenvalue weighted by atomic mass is 9.94. The van der Waals surface area contributed by atoms with Gasteiger partial charge >= 0.3 is 0 Å². The van der Waals surface area contributed by atoms with E-state index in [-0.39, 0.29) is 5.54 Å². The second-order valence-corrected chi connectivity index (χ2v) is 3.56. The predicted octanol–water partition coefficient (Wildman–Crippen LogP) is 2.43. The lowest BCUT2D eigenvalue weighted by Crippen LogP contribution is -2.37. The molecule has 0 aromatic carbocycles. The van der Waals surface area contributed by atoms with Crippen molar-refractivity contribution < 1.29 is 0 Å². The van der Waals surface area contributed by atoms with E-state index in [9.17, 15) is 0 Å². The molecule has 0 amide bonds. The molecular formula is C11H17N. The fourth-order valence-electron chi connectivity index (χ4n) is 1.14. The number of allylic oxidation sites excluding steroid dienone is 4. The van der Waals surface area contributed by atoms with Crippen molar-refractivity contribution in [2.24, 2.45) is 0 Å². The smallest absolute Gasteiger partial charge is 0.0374 e. The lowest BCUT2D eigenvalue weighted by Gasteiger charge is -2.25. The Bertz CT molecular complexity index is 231. The van der Waals surface area contributed by atoms with Crippen LogP contribution in [0.4, 0.5) is 0 Å². The third-order valence-corrected chi connectivity index (χ3v) is 2.33. The van der Waals surface area contributed by atoms with Gasteiger partial charge in [-0.1, -0.05) is 30.4 Å². The van der Waals surface area contributed by atoms with E-state index in [0.717, 1.165) is 6.42 Å². The SMILES string of the molecule is CNC(C)(C)C1=CC=CCC=C1. The summed E-state index contributed by atoms with van der Waals surface area (Å²) < 4.78 is 0. The number of hydrogen-bond donors (Lipinski definition) is 1. The van der Waals surface area contributed by atoms with Crippen LogP contribution in [0, 0.1) is 0 Å². The topological polar surface area (TPSA) is 12.0 Å². The summed E-state index contributed by atoms with van der Waals surface area (Å²) in [5.74, 6) is 0. The highest BCUT2D eigenvalue weighted by Gasteiger charge is 2.17. The van der Waals surface area contributed by atoms with Crippen LogP contribution < -0.4 is 5.32 Å². The van der Waals surface area contributed by atoms with Gasteiger partial charge in [0.25, 0.3) is 0 Å². The van der Waals surface area contributed by atoms with E-state index in [1.165, 1.54) is 5.57 Å². The van der Waals surface area contributed by atoms with E-state index < -0.39 is 0 Å². The van der Waals surface area contributed by atoms with Crippen LogP contribution >= 0.6 is 0 Å². The molecule has 1 aliphatic carbocycles. The molecule has 0 spiro atoms. The summed E-state index contributed by atoms with van der Waals surface area (Å²) in [6.07, 6.45) is 11.9. The maximum atomic E-state index is 3.29. The van der Waals surface area contributed by atoms with Crippen LogP contribution in [0.2, 0.25) is 0 Å². The van der Waals surface area contributed by atoms with Crippen molar-refractivity contribution in [2.75, 3.05) is 7.05 Å². The zero-order valence-corrected chi connectivity index (χ0v) is 8.09. The molecule has 0 radical (unpaired) electrons. The summed E-state index contributed by atoms with van der Waals surface area (Å²) in [6.45, 7) is 4.37. The van der Waals surface area contributed by atoms with Gasteiger partial charge in [-0.25, -0.2) is 0 Å². The van der Waals surface area contributed by atoms with Gasteiger partial charge in [-0.2, -0.15) is 0 Å². The van der Waals surface area contributed by atoms with Crippen LogP contribution in [0.15, 0.2) is 36.0 Å². The van der Waals surface area contributed by atoms with Crippen molar-refractivity contribution >= 4 is 0 Å². The van der Waals surface area contributed by atoms with Gasteiger partial charge in [0.15, 0.2) is 0 Å². The monoisotopic (exact) mass is 163 g/mol. The van der Waals surface area contributed by atoms with Crippen LogP contribution in [0.25, 0.3) is 0 Å². The van der Waals surface area contributed by atoms with E-state index in [1.54, 1.807) is 0 Å². The minimum absolute atomic E-state index is 0.0746. The number of likely N-dealkylation sites (N-methyl/N-ethyl adjacent to an activating group) is 1. The molecule has 1 N–H and O–H groups in total. The second-order valence-electron chi connectivity index (χ2n) is 3.56. The molecule has 0 aromatic heterocycles. The molecule has 0 aliphatic heterocycles. The van der Waals surface area contributed by atoms with Gasteiger partial charge in [-0.3, -0.25) is 0 Å². The van der Waals surface area contributed by atoms with Crippen LogP contribution in [0.5, 0.6) is 0 Å². The maximum Gasteiger partial charge on any atom is 0.0374 e. The van der Waals surface area contributed by atoms with Crippen molar-refractivity contribution in [3.8, 4) is 0 Å². The van der Waals surface area contributed by atoms with Crippen LogP contribution in [-0.2, 0) is 0 Å². The maximum absolute atomic E-state index is 3.29. The minimum Gasteiger partial charge on any atom is -0.311 e. The fourth-order valence-corrected chi connectivity index (χ4v) is 1.14. The largest absolute Gasteiger partial charge is 0.311 e. The molecule has 1 heteroatoms. The molecule has 1 nitrogen and oxygen atoms in total. The third-order valence-electron chi connectivity index (χ3n) is 2.33. The van der Waals surface area contributed by atoms with Crippen molar-refractivity contribution in [1.29, 1.82) is 0 Å². The molecule has 0 bridgehead atoms. The highest BCUT2D eigenvalue weighted by Crippen LogP contribution is 2.18. The van der Waals surface area contributed by atoms with Crippen molar-refractivity contribution in [3.05, 3.63) is 36.0 Å². The zero-order valence-electron chi connectivity index (χ0n) is 8.09. The molecule has 0 atom stereocenters. The highest BCUT2D eigenvalue weighted by molar-refractivity contribution is 5.34. The summed E-state index contributed by atoms with van der Waals surface area (Å²) in [6, 6.07) is 0. The Kier molecular flexibility index (Phi) is 2.88. The van der Waals surface area contributed by atoms with Gasteiger partial charge in [-0.15, -0.1) is 0 Å². The Morgan fingerprint density at radius 1 is 1.33 bits per heavy atom. The molecule has 0 unspecified atom stereocenters. The molecule has 1 aliphatic rings. The van der Waals surface area contributed by atoms with Crippen molar-refractivity contribution in [3.63, 3.8) is 0 Å². The Morgan fingerprint density at radius 2 is 2.08 bits per heavy atom. The Morgan fingerprint density at radius 3 is 2.75 bits per heavy atom. The number of hydrogen-bond acceptors (Lipinski definition) is 1. The second kappa shape index (κ2) is 3.72. The van der Waals surface area contributed by atoms with Crippen LogP contribution in [0.1, 0.15) is 20.3 Å². The lowest BCUT2D eigenvalue weighted by molar-refractivity contribution is 0.507. The van der Waals surface area contributed by atoms with E-state index in [4.69, 9.17) is 0 Å². The first kappa shape index (κ1) is 9.27. The number of rotatable bonds is 2. The summed E-state index contributed by atoms with van der Waals surface area (Å²) in [5, 5.41) is 3.29. The van der Waals surface area contributed by atoms with Crippen LogP contribution in [-0.4, -0.2) is 12.6 Å². The van der Waals surface area contributed by atoms with E-state index in [2.05, 4.69) is 49.5 Å². The average Bonchev–Trinajstić information content (AvgIpc) is 2.32. The Labute approximate surface area is 74.9 Å². The summed E-state index contributed by atoms with van der Waals surface area (Å²) in [5.41, 5.74) is 1.41. The molecule has 0 saturated heterocycles. The van der Waals surface area contributed by atoms with Gasteiger partial charge in [0.05, 0.1) is 0 Å². The first-order valence-electron chi connectivity index (χ1n) is 4.39. The van der Waals surface area contributed by atoms with Gasteiger partial charge in [0, 0.05) is 5.54 Å². The molecule has 0 aromatic rings. The van der Waals surface area contributed by atoms with E-state index in [0.29, 0.717) is 0 Å². The standard InChI is InChI=1S/C11H17N/c1-11(2,12-3)10-8-6-4-5-7-9-10/h4,6-9,12H,5H2,1-3H3. The van der Waals surface area contributed by atoms with Gasteiger partial charge in [0.2, 0.25) is 0 Å². The average molecular weight is 163 g/mol. The first-order chi connectivity index (χ1) is 5.67. The zero-order chi connectivity index (χ0) is 9.03. The molecule has 1 rings (SSSR count). The fraction of sp³-hybridized carbons (Fsp3) is 0.455. The normalized spacial score (nSPS) is 17.4. The molecule has 0 saturated carbocycles. The third kappa shape index (κ3) is 2.08. The minimum atomic E-state index is 0.0746. The van der Waals surface area contributed by atoms with Crippen molar-refractivity contribution in [2.45, 2.75) is 25.8 Å². The summed E-state index contributed by atoms with van der Waals surface area (Å²) >= 11 is 0. The quantitative estimate of drug-likeness (QED) is 0.659. The number of nitrogens with one attached hydrogen (secondary N) is 1.